The molecule has 0 aromatic heterocycles. The van der Waals surface area contributed by atoms with Crippen LogP contribution in [0.25, 0.3) is 0 Å². The molecule has 1 aromatic rings. The van der Waals surface area contributed by atoms with Gasteiger partial charge in [-0.25, -0.2) is 0 Å². The van der Waals surface area contributed by atoms with Gasteiger partial charge in [-0.2, -0.15) is 0 Å². The van der Waals surface area contributed by atoms with Gasteiger partial charge in [0.2, 0.25) is 5.75 Å². The lowest BCUT2D eigenvalue weighted by atomic mass is 10.1. The van der Waals surface area contributed by atoms with E-state index in [0.717, 1.165) is 58.5 Å². The molecule has 0 aliphatic carbocycles. The lowest BCUT2D eigenvalue weighted by Crippen LogP contribution is -2.32. The molecule has 1 heterocycles. The molecule has 1 aliphatic rings. The minimum atomic E-state index is -0.696. The van der Waals surface area contributed by atoms with Crippen molar-refractivity contribution in [3.8, 4) is 17.2 Å². The van der Waals surface area contributed by atoms with E-state index in [1.165, 1.54) is 24.8 Å². The largest absolute Gasteiger partial charge is 0.493 e. The molecule has 30 heavy (non-hydrogen) atoms. The molecule has 1 saturated heterocycles. The van der Waals surface area contributed by atoms with Crippen molar-refractivity contribution in [1.29, 1.82) is 0 Å². The second-order valence-electron chi connectivity index (χ2n) is 7.88. The molecule has 0 unspecified atom stereocenters. The zero-order valence-corrected chi connectivity index (χ0v) is 18.8. The topological polar surface area (TPSA) is 71.5 Å². The number of benzene rings is 1. The van der Waals surface area contributed by atoms with Crippen molar-refractivity contribution in [2.24, 2.45) is 0 Å². The first-order valence-electron chi connectivity index (χ1n) is 11.0. The smallest absolute Gasteiger partial charge is 0.303 e. The number of aliphatic carboxylic acids is 1. The number of carbonyl (C=O) groups is 1. The Kier molecular flexibility index (Phi) is 10.8. The van der Waals surface area contributed by atoms with Crippen molar-refractivity contribution in [3.05, 3.63) is 17.7 Å². The molecule has 7 heteroatoms. The Morgan fingerprint density at radius 1 is 0.867 bits per heavy atom. The van der Waals surface area contributed by atoms with Crippen LogP contribution < -0.4 is 14.2 Å². The number of methoxy groups -OCH3 is 3. The highest BCUT2D eigenvalue weighted by Gasteiger charge is 2.15. The molecule has 170 valence electrons. The van der Waals surface area contributed by atoms with Gasteiger partial charge in [0, 0.05) is 19.5 Å². The number of ether oxygens (including phenoxy) is 3. The van der Waals surface area contributed by atoms with E-state index in [0.29, 0.717) is 17.2 Å². The van der Waals surface area contributed by atoms with Crippen LogP contribution in [0.2, 0.25) is 0 Å². The molecule has 0 radical (unpaired) electrons. The van der Waals surface area contributed by atoms with E-state index < -0.39 is 5.97 Å². The van der Waals surface area contributed by atoms with Crippen LogP contribution in [-0.4, -0.2) is 81.5 Å². The van der Waals surface area contributed by atoms with E-state index >= 15 is 0 Å². The molecular weight excluding hydrogens is 384 g/mol. The van der Waals surface area contributed by atoms with Gasteiger partial charge in [0.15, 0.2) is 11.5 Å². The fraction of sp³-hybridized carbons (Fsp3) is 0.696. The summed E-state index contributed by atoms with van der Waals surface area (Å²) in [5.41, 5.74) is 1.20. The normalized spacial score (nSPS) is 15.6. The van der Waals surface area contributed by atoms with Crippen LogP contribution in [0.15, 0.2) is 12.1 Å². The van der Waals surface area contributed by atoms with Crippen molar-refractivity contribution < 1.29 is 24.1 Å². The van der Waals surface area contributed by atoms with Crippen LogP contribution in [0.1, 0.15) is 44.1 Å². The predicted molar refractivity (Wildman–Crippen MR) is 118 cm³/mol. The summed E-state index contributed by atoms with van der Waals surface area (Å²) in [6, 6.07) is 4.07. The van der Waals surface area contributed by atoms with E-state index in [1.54, 1.807) is 21.3 Å². The molecule has 1 fully saturated rings. The van der Waals surface area contributed by atoms with Crippen molar-refractivity contribution >= 4 is 5.97 Å². The number of rotatable bonds is 13. The quantitative estimate of drug-likeness (QED) is 0.489. The summed E-state index contributed by atoms with van der Waals surface area (Å²) in [4.78, 5) is 15.6. The molecule has 7 nitrogen and oxygen atoms in total. The summed E-state index contributed by atoms with van der Waals surface area (Å²) in [5, 5.41) is 8.79. The first-order chi connectivity index (χ1) is 14.6. The van der Waals surface area contributed by atoms with Gasteiger partial charge in [-0.05, 0) is 76.0 Å². The third kappa shape index (κ3) is 8.03. The van der Waals surface area contributed by atoms with Gasteiger partial charge in [0.1, 0.15) is 0 Å². The summed E-state index contributed by atoms with van der Waals surface area (Å²) in [5.74, 6) is 1.37. The van der Waals surface area contributed by atoms with E-state index in [-0.39, 0.29) is 6.42 Å². The monoisotopic (exact) mass is 422 g/mol. The molecule has 1 aliphatic heterocycles. The molecular formula is C23H38N2O5. The number of carboxylic acids is 1. The molecule has 2 rings (SSSR count). The van der Waals surface area contributed by atoms with Crippen molar-refractivity contribution in [2.45, 2.75) is 44.9 Å². The van der Waals surface area contributed by atoms with E-state index in [1.807, 2.05) is 12.1 Å². The number of unbranched alkanes of at least 4 members (excludes halogenated alkanes) is 2. The molecule has 0 amide bonds. The van der Waals surface area contributed by atoms with Gasteiger partial charge in [-0.15, -0.1) is 0 Å². The summed E-state index contributed by atoms with van der Waals surface area (Å²) in [7, 11) is 4.92. The summed E-state index contributed by atoms with van der Waals surface area (Å²) < 4.78 is 16.3. The second kappa shape index (κ2) is 13.3. The summed E-state index contributed by atoms with van der Waals surface area (Å²) in [6.45, 7) is 6.39. The summed E-state index contributed by atoms with van der Waals surface area (Å²) >= 11 is 0. The van der Waals surface area contributed by atoms with Crippen LogP contribution in [0.5, 0.6) is 17.2 Å². The van der Waals surface area contributed by atoms with Crippen molar-refractivity contribution in [2.75, 3.05) is 60.6 Å². The minimum Gasteiger partial charge on any atom is -0.493 e. The fourth-order valence-electron chi connectivity index (χ4n) is 4.05. The third-order valence-electron chi connectivity index (χ3n) is 5.71. The van der Waals surface area contributed by atoms with E-state index in [2.05, 4.69) is 9.80 Å². The average Bonchev–Trinajstić information content (AvgIpc) is 2.97. The molecule has 0 saturated carbocycles. The molecule has 1 aromatic carbocycles. The Hall–Kier alpha value is -1.99. The maximum atomic E-state index is 10.7. The lowest BCUT2D eigenvalue weighted by Gasteiger charge is -2.21. The average molecular weight is 423 g/mol. The third-order valence-corrected chi connectivity index (χ3v) is 5.71. The van der Waals surface area contributed by atoms with Gasteiger partial charge < -0.3 is 29.1 Å². The number of nitrogens with zero attached hydrogens (tertiary/aromatic N) is 2. The maximum absolute atomic E-state index is 10.7. The van der Waals surface area contributed by atoms with Crippen LogP contribution in [0, 0.1) is 0 Å². The molecule has 0 bridgehead atoms. The van der Waals surface area contributed by atoms with Gasteiger partial charge in [-0.1, -0.05) is 6.42 Å². The molecule has 0 spiro atoms. The number of hydrogen-bond acceptors (Lipinski definition) is 6. The van der Waals surface area contributed by atoms with E-state index in [4.69, 9.17) is 19.3 Å². The zero-order chi connectivity index (χ0) is 21.8. The number of hydrogen-bond donors (Lipinski definition) is 1. The first-order valence-corrected chi connectivity index (χ1v) is 11.0. The van der Waals surface area contributed by atoms with Crippen LogP contribution in [0.3, 0.4) is 0 Å². The first kappa shape index (κ1) is 24.3. The zero-order valence-electron chi connectivity index (χ0n) is 18.8. The Labute approximate surface area is 180 Å². The van der Waals surface area contributed by atoms with Gasteiger partial charge in [-0.3, -0.25) is 4.79 Å². The molecule has 0 atom stereocenters. The van der Waals surface area contributed by atoms with Gasteiger partial charge in [0.05, 0.1) is 21.3 Å². The fourth-order valence-corrected chi connectivity index (χ4v) is 4.05. The maximum Gasteiger partial charge on any atom is 0.303 e. The highest BCUT2D eigenvalue weighted by Crippen LogP contribution is 2.38. The number of aryl methyl sites for hydroxylation is 1. The lowest BCUT2D eigenvalue weighted by molar-refractivity contribution is -0.137. The van der Waals surface area contributed by atoms with Crippen molar-refractivity contribution in [3.63, 3.8) is 0 Å². The highest BCUT2D eigenvalue weighted by atomic mass is 16.5. The predicted octanol–water partition coefficient (Wildman–Crippen LogP) is 3.30. The van der Waals surface area contributed by atoms with E-state index in [9.17, 15) is 4.79 Å². The van der Waals surface area contributed by atoms with Gasteiger partial charge >= 0.3 is 5.97 Å². The highest BCUT2D eigenvalue weighted by molar-refractivity contribution is 5.66. The Balaban J connectivity index is 1.67. The Morgan fingerprint density at radius 3 is 2.00 bits per heavy atom. The summed E-state index contributed by atoms with van der Waals surface area (Å²) in [6.07, 6.45) is 6.70. The Morgan fingerprint density at radius 2 is 1.47 bits per heavy atom. The second-order valence-corrected chi connectivity index (χ2v) is 7.88. The van der Waals surface area contributed by atoms with Crippen molar-refractivity contribution in [1.82, 2.24) is 9.80 Å². The number of carboxylic acid groups (broad SMARTS) is 1. The standard InChI is InChI=1S/C23H38N2O5/c1-28-20-17-19(18-21(29-2)23(20)30-3)9-5-4-6-11-24-13-8-14-25(16-15-24)12-7-10-22(26)27/h17-18H,4-16H2,1-3H3,(H,26,27). The Bertz CT molecular complexity index is 627. The molecule has 1 N–H and O–H groups in total. The van der Waals surface area contributed by atoms with Crippen LogP contribution in [-0.2, 0) is 11.2 Å². The van der Waals surface area contributed by atoms with Crippen LogP contribution >= 0.6 is 0 Å². The van der Waals surface area contributed by atoms with Crippen LogP contribution in [0.4, 0.5) is 0 Å². The minimum absolute atomic E-state index is 0.270. The SMILES string of the molecule is COc1cc(CCCCCN2CCCN(CCCC(=O)O)CC2)cc(OC)c1OC. The van der Waals surface area contributed by atoms with Gasteiger partial charge in [0.25, 0.3) is 0 Å².